The van der Waals surface area contributed by atoms with Gasteiger partial charge in [-0.1, -0.05) is 0 Å². The van der Waals surface area contributed by atoms with Gasteiger partial charge in [-0.15, -0.1) is 0 Å². The molecule has 0 aliphatic heterocycles. The quantitative estimate of drug-likeness (QED) is 0.476. The zero-order valence-electron chi connectivity index (χ0n) is 9.82. The molecule has 0 radical (unpaired) electrons. The highest BCUT2D eigenvalue weighted by Gasteiger charge is 2.15. The number of rotatable bonds is 10. The van der Waals surface area contributed by atoms with Crippen LogP contribution in [0.3, 0.4) is 0 Å². The topological polar surface area (TPSA) is 68.0 Å². The zero-order valence-corrected chi connectivity index (χ0v) is 9.82. The normalized spacial score (nSPS) is 13.4. The van der Waals surface area contributed by atoms with Crippen LogP contribution < -0.4 is 5.73 Å². The Labute approximate surface area is 92.1 Å². The minimum Gasteiger partial charge on any atom is -0.395 e. The summed E-state index contributed by atoms with van der Waals surface area (Å²) in [5, 5.41) is 9.16. The first-order valence-corrected chi connectivity index (χ1v) is 5.33. The SMILES string of the molecule is COCCCN(CCOC)C(CN)CO. The van der Waals surface area contributed by atoms with E-state index in [1.54, 1.807) is 14.2 Å². The van der Waals surface area contributed by atoms with Crippen LogP contribution in [-0.2, 0) is 9.47 Å². The highest BCUT2D eigenvalue weighted by Crippen LogP contribution is 1.99. The summed E-state index contributed by atoms with van der Waals surface area (Å²) in [6.07, 6.45) is 0.941. The van der Waals surface area contributed by atoms with Gasteiger partial charge in [0.05, 0.1) is 13.2 Å². The van der Waals surface area contributed by atoms with Crippen molar-refractivity contribution < 1.29 is 14.6 Å². The van der Waals surface area contributed by atoms with Crippen LogP contribution in [0.4, 0.5) is 0 Å². The number of hydrogen-bond acceptors (Lipinski definition) is 5. The van der Waals surface area contributed by atoms with Crippen LogP contribution in [0.5, 0.6) is 0 Å². The van der Waals surface area contributed by atoms with Crippen molar-refractivity contribution in [2.45, 2.75) is 12.5 Å². The molecule has 0 aromatic rings. The molecule has 0 saturated carbocycles. The molecule has 0 rings (SSSR count). The lowest BCUT2D eigenvalue weighted by Crippen LogP contribution is -2.45. The van der Waals surface area contributed by atoms with Crippen molar-refractivity contribution >= 4 is 0 Å². The fourth-order valence-electron chi connectivity index (χ4n) is 1.44. The maximum atomic E-state index is 9.16. The van der Waals surface area contributed by atoms with Gasteiger partial charge in [-0.2, -0.15) is 0 Å². The molecule has 0 spiro atoms. The first-order valence-electron chi connectivity index (χ1n) is 5.33. The lowest BCUT2D eigenvalue weighted by Gasteiger charge is -2.29. The van der Waals surface area contributed by atoms with Gasteiger partial charge in [0.2, 0.25) is 0 Å². The van der Waals surface area contributed by atoms with Gasteiger partial charge in [0.15, 0.2) is 0 Å². The number of aliphatic hydroxyl groups is 1. The Morgan fingerprint density at radius 3 is 2.33 bits per heavy atom. The molecular weight excluding hydrogens is 196 g/mol. The van der Waals surface area contributed by atoms with Crippen molar-refractivity contribution in [1.82, 2.24) is 4.90 Å². The Hall–Kier alpha value is -0.200. The summed E-state index contributed by atoms with van der Waals surface area (Å²) in [7, 11) is 3.36. The van der Waals surface area contributed by atoms with Gasteiger partial charge in [0.1, 0.15) is 0 Å². The number of aliphatic hydroxyl groups excluding tert-OH is 1. The van der Waals surface area contributed by atoms with Crippen LogP contribution in [-0.4, -0.2) is 69.7 Å². The van der Waals surface area contributed by atoms with Gasteiger partial charge < -0.3 is 20.3 Å². The summed E-state index contributed by atoms with van der Waals surface area (Å²) in [6.45, 7) is 3.61. The number of nitrogens with zero attached hydrogens (tertiary/aromatic N) is 1. The monoisotopic (exact) mass is 220 g/mol. The Balaban J connectivity index is 3.91. The third-order valence-corrected chi connectivity index (χ3v) is 2.38. The lowest BCUT2D eigenvalue weighted by molar-refractivity contribution is 0.0809. The van der Waals surface area contributed by atoms with Gasteiger partial charge in [0.25, 0.3) is 0 Å². The third kappa shape index (κ3) is 6.81. The smallest absolute Gasteiger partial charge is 0.0599 e. The molecule has 1 atom stereocenters. The zero-order chi connectivity index (χ0) is 11.5. The van der Waals surface area contributed by atoms with E-state index in [9.17, 15) is 0 Å². The predicted molar refractivity (Wildman–Crippen MR) is 59.9 cm³/mol. The van der Waals surface area contributed by atoms with E-state index in [2.05, 4.69) is 4.90 Å². The molecule has 3 N–H and O–H groups in total. The molecule has 0 aromatic heterocycles. The average molecular weight is 220 g/mol. The van der Waals surface area contributed by atoms with E-state index >= 15 is 0 Å². The molecule has 0 aliphatic carbocycles. The van der Waals surface area contributed by atoms with Crippen molar-refractivity contribution in [1.29, 1.82) is 0 Å². The maximum Gasteiger partial charge on any atom is 0.0599 e. The van der Waals surface area contributed by atoms with E-state index in [1.807, 2.05) is 0 Å². The van der Waals surface area contributed by atoms with Gasteiger partial charge in [-0.05, 0) is 6.42 Å². The largest absolute Gasteiger partial charge is 0.395 e. The molecule has 92 valence electrons. The molecule has 0 fully saturated rings. The second kappa shape index (κ2) is 10.3. The number of nitrogens with two attached hydrogens (primary N) is 1. The molecule has 0 saturated heterocycles. The number of methoxy groups -OCH3 is 2. The maximum absolute atomic E-state index is 9.16. The minimum absolute atomic E-state index is 0.0250. The van der Waals surface area contributed by atoms with Crippen molar-refractivity contribution in [2.24, 2.45) is 5.73 Å². The fourth-order valence-corrected chi connectivity index (χ4v) is 1.44. The summed E-state index contributed by atoms with van der Waals surface area (Å²) < 4.78 is 10.0. The minimum atomic E-state index is 0.0250. The molecule has 5 nitrogen and oxygen atoms in total. The van der Waals surface area contributed by atoms with Crippen molar-refractivity contribution in [2.75, 3.05) is 53.7 Å². The Morgan fingerprint density at radius 1 is 1.20 bits per heavy atom. The second-order valence-electron chi connectivity index (χ2n) is 3.45. The van der Waals surface area contributed by atoms with E-state index < -0.39 is 0 Å². The Morgan fingerprint density at radius 2 is 1.87 bits per heavy atom. The Bertz CT molecular complexity index is 132. The fraction of sp³-hybridized carbons (Fsp3) is 1.00. The van der Waals surface area contributed by atoms with Gasteiger partial charge >= 0.3 is 0 Å². The van der Waals surface area contributed by atoms with Crippen LogP contribution in [0.15, 0.2) is 0 Å². The predicted octanol–water partition coefficient (Wildman–Crippen LogP) is -0.709. The van der Waals surface area contributed by atoms with Crippen molar-refractivity contribution in [3.63, 3.8) is 0 Å². The van der Waals surface area contributed by atoms with Gasteiger partial charge in [-0.3, -0.25) is 4.90 Å². The van der Waals surface area contributed by atoms with Crippen molar-refractivity contribution in [3.8, 4) is 0 Å². The molecule has 0 amide bonds. The summed E-state index contributed by atoms with van der Waals surface area (Å²) >= 11 is 0. The highest BCUT2D eigenvalue weighted by atomic mass is 16.5. The summed E-state index contributed by atoms with van der Waals surface area (Å²) in [5.74, 6) is 0. The Kier molecular flexibility index (Phi) is 10.2. The summed E-state index contributed by atoms with van der Waals surface area (Å²) in [6, 6.07) is 0.0250. The van der Waals surface area contributed by atoms with Crippen molar-refractivity contribution in [3.05, 3.63) is 0 Å². The first-order chi connectivity index (χ1) is 7.29. The summed E-state index contributed by atoms with van der Waals surface area (Å²) in [5.41, 5.74) is 5.59. The van der Waals surface area contributed by atoms with E-state index in [1.165, 1.54) is 0 Å². The van der Waals surface area contributed by atoms with Crippen LogP contribution in [0.2, 0.25) is 0 Å². The molecule has 5 heteroatoms. The van der Waals surface area contributed by atoms with E-state index in [4.69, 9.17) is 20.3 Å². The number of ether oxygens (including phenoxy) is 2. The van der Waals surface area contributed by atoms with E-state index in [0.29, 0.717) is 13.2 Å². The molecule has 0 bridgehead atoms. The van der Waals surface area contributed by atoms with E-state index in [-0.39, 0.29) is 12.6 Å². The molecule has 0 heterocycles. The molecule has 0 aromatic carbocycles. The van der Waals surface area contributed by atoms with Crippen LogP contribution in [0.1, 0.15) is 6.42 Å². The van der Waals surface area contributed by atoms with Gasteiger partial charge in [0, 0.05) is 46.5 Å². The molecule has 1 unspecified atom stereocenters. The second-order valence-corrected chi connectivity index (χ2v) is 3.45. The van der Waals surface area contributed by atoms with Crippen LogP contribution in [0, 0.1) is 0 Å². The van der Waals surface area contributed by atoms with Crippen LogP contribution >= 0.6 is 0 Å². The first kappa shape index (κ1) is 14.8. The standard InChI is InChI=1S/C10H24N2O3/c1-14-6-3-4-12(5-7-15-2)10(8-11)9-13/h10,13H,3-9,11H2,1-2H3. The number of hydrogen-bond donors (Lipinski definition) is 2. The van der Waals surface area contributed by atoms with E-state index in [0.717, 1.165) is 26.1 Å². The lowest BCUT2D eigenvalue weighted by atomic mass is 10.2. The van der Waals surface area contributed by atoms with Crippen LogP contribution in [0.25, 0.3) is 0 Å². The van der Waals surface area contributed by atoms with Gasteiger partial charge in [-0.25, -0.2) is 0 Å². The molecular formula is C10H24N2O3. The average Bonchev–Trinajstić information content (AvgIpc) is 2.26. The highest BCUT2D eigenvalue weighted by molar-refractivity contribution is 4.71. The molecule has 0 aliphatic rings. The summed E-state index contributed by atoms with van der Waals surface area (Å²) in [4.78, 5) is 2.14. The third-order valence-electron chi connectivity index (χ3n) is 2.38. The molecule has 15 heavy (non-hydrogen) atoms.